The number of nitrogens with zero attached hydrogens (tertiary/aromatic N) is 2. The van der Waals surface area contributed by atoms with E-state index in [9.17, 15) is 4.39 Å². The van der Waals surface area contributed by atoms with Gasteiger partial charge >= 0.3 is 0 Å². The molecule has 2 aromatic rings. The monoisotopic (exact) mass is 284 g/mol. The fraction of sp³-hybridized carbons (Fsp3) is 0.364. The van der Waals surface area contributed by atoms with Crippen molar-refractivity contribution in [3.63, 3.8) is 0 Å². The molecule has 1 aliphatic rings. The molecule has 0 spiro atoms. The first-order valence-electron chi connectivity index (χ1n) is 5.20. The molecule has 1 unspecified atom stereocenters. The lowest BCUT2D eigenvalue weighted by Gasteiger charge is -2.11. The molecule has 1 fully saturated rings. The summed E-state index contributed by atoms with van der Waals surface area (Å²) in [6.07, 6.45) is 3.48. The van der Waals surface area contributed by atoms with E-state index in [2.05, 4.69) is 21.0 Å². The number of ether oxygens (including phenoxy) is 1. The van der Waals surface area contributed by atoms with Gasteiger partial charge in [-0.15, -0.1) is 0 Å². The Morgan fingerprint density at radius 2 is 2.38 bits per heavy atom. The van der Waals surface area contributed by atoms with Crippen LogP contribution >= 0.6 is 15.9 Å². The zero-order chi connectivity index (χ0) is 11.1. The van der Waals surface area contributed by atoms with Gasteiger partial charge in [0.15, 0.2) is 6.23 Å². The van der Waals surface area contributed by atoms with E-state index in [4.69, 9.17) is 4.74 Å². The zero-order valence-electron chi connectivity index (χ0n) is 8.49. The van der Waals surface area contributed by atoms with Crippen molar-refractivity contribution in [2.24, 2.45) is 0 Å². The molecule has 1 aliphatic heterocycles. The first kappa shape index (κ1) is 10.2. The van der Waals surface area contributed by atoms with Gasteiger partial charge in [0, 0.05) is 6.61 Å². The van der Waals surface area contributed by atoms with E-state index in [0.717, 1.165) is 25.0 Å². The van der Waals surface area contributed by atoms with Crippen LogP contribution in [0.1, 0.15) is 19.1 Å². The van der Waals surface area contributed by atoms with Crippen LogP contribution in [0, 0.1) is 5.82 Å². The standard InChI is InChI=1S/C11H10BrFN2O/c12-8-3-4-9-7(11(8)13)6-14-15(9)10-2-1-5-16-10/h3-4,6,10H,1-2,5H2. The lowest BCUT2D eigenvalue weighted by molar-refractivity contribution is 0.0503. The molecule has 1 aromatic carbocycles. The molecule has 1 aromatic heterocycles. The Bertz CT molecular complexity index is 534. The largest absolute Gasteiger partial charge is 0.356 e. The van der Waals surface area contributed by atoms with Gasteiger partial charge in [0.05, 0.1) is 21.6 Å². The molecule has 0 aliphatic carbocycles. The van der Waals surface area contributed by atoms with E-state index in [1.165, 1.54) is 0 Å². The van der Waals surface area contributed by atoms with Crippen LogP contribution in [0.25, 0.3) is 10.9 Å². The molecule has 84 valence electrons. The predicted octanol–water partition coefficient (Wildman–Crippen LogP) is 3.25. The Morgan fingerprint density at radius 1 is 1.50 bits per heavy atom. The molecule has 1 saturated heterocycles. The Hall–Kier alpha value is -0.940. The van der Waals surface area contributed by atoms with Crippen LogP contribution in [0.15, 0.2) is 22.8 Å². The number of aromatic nitrogens is 2. The molecule has 1 atom stereocenters. The molecule has 3 rings (SSSR count). The maximum Gasteiger partial charge on any atom is 0.150 e. The fourth-order valence-electron chi connectivity index (χ4n) is 2.04. The van der Waals surface area contributed by atoms with Crippen LogP contribution in [0.2, 0.25) is 0 Å². The third-order valence-electron chi connectivity index (χ3n) is 2.85. The molecular weight excluding hydrogens is 275 g/mol. The Morgan fingerprint density at radius 3 is 3.12 bits per heavy atom. The Balaban J connectivity index is 2.16. The van der Waals surface area contributed by atoms with Gasteiger partial charge in [0.2, 0.25) is 0 Å². The lowest BCUT2D eigenvalue weighted by atomic mass is 10.2. The summed E-state index contributed by atoms with van der Waals surface area (Å²) < 4.78 is 21.5. The molecule has 0 saturated carbocycles. The van der Waals surface area contributed by atoms with E-state index in [1.807, 2.05) is 6.07 Å². The third-order valence-corrected chi connectivity index (χ3v) is 3.46. The SMILES string of the molecule is Fc1c(Br)ccc2c1cnn2C1CCCO1. The zero-order valence-corrected chi connectivity index (χ0v) is 10.1. The highest BCUT2D eigenvalue weighted by molar-refractivity contribution is 9.10. The second kappa shape index (κ2) is 3.82. The summed E-state index contributed by atoms with van der Waals surface area (Å²) in [6.45, 7) is 0.755. The summed E-state index contributed by atoms with van der Waals surface area (Å²) in [4.78, 5) is 0. The van der Waals surface area contributed by atoms with Gasteiger partial charge in [-0.1, -0.05) is 0 Å². The number of benzene rings is 1. The maximum atomic E-state index is 13.8. The van der Waals surface area contributed by atoms with Crippen LogP contribution in [0.5, 0.6) is 0 Å². The molecule has 0 bridgehead atoms. The van der Waals surface area contributed by atoms with Gasteiger partial charge in [-0.05, 0) is 40.9 Å². The summed E-state index contributed by atoms with van der Waals surface area (Å²) in [7, 11) is 0. The minimum atomic E-state index is -0.262. The van der Waals surface area contributed by atoms with Crippen LogP contribution < -0.4 is 0 Å². The number of fused-ring (bicyclic) bond motifs is 1. The van der Waals surface area contributed by atoms with E-state index in [0.29, 0.717) is 9.86 Å². The Labute approximate surface area is 100 Å². The van der Waals surface area contributed by atoms with Crippen molar-refractivity contribution in [1.82, 2.24) is 9.78 Å². The number of hydrogen-bond acceptors (Lipinski definition) is 2. The van der Waals surface area contributed by atoms with Gasteiger partial charge in [-0.25, -0.2) is 9.07 Å². The van der Waals surface area contributed by atoms with Gasteiger partial charge < -0.3 is 4.74 Å². The summed E-state index contributed by atoms with van der Waals surface area (Å²) in [6, 6.07) is 3.56. The molecule has 5 heteroatoms. The summed E-state index contributed by atoms with van der Waals surface area (Å²) in [5.74, 6) is -0.262. The van der Waals surface area contributed by atoms with Gasteiger partial charge in [-0.2, -0.15) is 5.10 Å². The summed E-state index contributed by atoms with van der Waals surface area (Å²) >= 11 is 3.17. The molecule has 16 heavy (non-hydrogen) atoms. The van der Waals surface area contributed by atoms with Crippen LogP contribution in [0.3, 0.4) is 0 Å². The topological polar surface area (TPSA) is 27.1 Å². The number of hydrogen-bond donors (Lipinski definition) is 0. The van der Waals surface area contributed by atoms with Crippen molar-refractivity contribution >= 4 is 26.8 Å². The van der Waals surface area contributed by atoms with Crippen molar-refractivity contribution in [1.29, 1.82) is 0 Å². The molecule has 0 amide bonds. The number of halogens is 2. The lowest BCUT2D eigenvalue weighted by Crippen LogP contribution is -2.08. The van der Waals surface area contributed by atoms with Gasteiger partial charge in [0.1, 0.15) is 5.82 Å². The molecule has 2 heterocycles. The quantitative estimate of drug-likeness (QED) is 0.804. The van der Waals surface area contributed by atoms with Crippen molar-refractivity contribution in [3.05, 3.63) is 28.6 Å². The molecule has 0 radical (unpaired) electrons. The third kappa shape index (κ3) is 1.46. The highest BCUT2D eigenvalue weighted by Gasteiger charge is 2.21. The number of rotatable bonds is 1. The van der Waals surface area contributed by atoms with Gasteiger partial charge in [0.25, 0.3) is 0 Å². The summed E-state index contributed by atoms with van der Waals surface area (Å²) in [5.41, 5.74) is 0.785. The minimum absolute atomic E-state index is 0.0434. The second-order valence-corrected chi connectivity index (χ2v) is 4.71. The predicted molar refractivity (Wildman–Crippen MR) is 61.6 cm³/mol. The first-order chi connectivity index (χ1) is 7.77. The van der Waals surface area contributed by atoms with Crippen molar-refractivity contribution in [2.45, 2.75) is 19.1 Å². The van der Waals surface area contributed by atoms with E-state index >= 15 is 0 Å². The van der Waals surface area contributed by atoms with E-state index in [-0.39, 0.29) is 12.0 Å². The molecular formula is C11H10BrFN2O. The normalized spacial score (nSPS) is 20.8. The van der Waals surface area contributed by atoms with Crippen molar-refractivity contribution < 1.29 is 9.13 Å². The van der Waals surface area contributed by atoms with Crippen molar-refractivity contribution in [3.8, 4) is 0 Å². The van der Waals surface area contributed by atoms with E-state index < -0.39 is 0 Å². The van der Waals surface area contributed by atoms with Crippen LogP contribution in [-0.2, 0) is 4.74 Å². The average molecular weight is 285 g/mol. The fourth-order valence-corrected chi connectivity index (χ4v) is 2.39. The molecule has 3 nitrogen and oxygen atoms in total. The van der Waals surface area contributed by atoms with Crippen LogP contribution in [-0.4, -0.2) is 16.4 Å². The highest BCUT2D eigenvalue weighted by atomic mass is 79.9. The molecule has 0 N–H and O–H groups in total. The smallest absolute Gasteiger partial charge is 0.150 e. The minimum Gasteiger partial charge on any atom is -0.356 e. The Kier molecular flexibility index (Phi) is 2.44. The maximum absolute atomic E-state index is 13.8. The summed E-state index contributed by atoms with van der Waals surface area (Å²) in [5, 5.41) is 4.74. The first-order valence-corrected chi connectivity index (χ1v) is 5.99. The average Bonchev–Trinajstić information content (AvgIpc) is 2.91. The van der Waals surface area contributed by atoms with E-state index in [1.54, 1.807) is 16.9 Å². The highest BCUT2D eigenvalue weighted by Crippen LogP contribution is 2.29. The second-order valence-electron chi connectivity index (χ2n) is 3.85. The van der Waals surface area contributed by atoms with Crippen LogP contribution in [0.4, 0.5) is 4.39 Å². The van der Waals surface area contributed by atoms with Crippen molar-refractivity contribution in [2.75, 3.05) is 6.61 Å². The van der Waals surface area contributed by atoms with Gasteiger partial charge in [-0.3, -0.25) is 0 Å².